The molecule has 16 nitrogen and oxygen atoms in total. The number of rotatable bonds is 105. The van der Waals surface area contributed by atoms with Crippen molar-refractivity contribution >= 4 is 29.8 Å². The molecule has 2 aliphatic rings. The summed E-state index contributed by atoms with van der Waals surface area (Å²) in [6.07, 6.45) is 93.7. The van der Waals surface area contributed by atoms with Crippen molar-refractivity contribution < 1.29 is 77.2 Å². The van der Waals surface area contributed by atoms with Gasteiger partial charge in [-0.3, -0.25) is 4.79 Å². The fourth-order valence-electron chi connectivity index (χ4n) is 23.4. The summed E-state index contributed by atoms with van der Waals surface area (Å²) in [5.41, 5.74) is 1.18. The van der Waals surface area contributed by atoms with Crippen LogP contribution in [-0.2, 0) is 61.9 Å². The van der Waals surface area contributed by atoms with Gasteiger partial charge in [0.25, 0.3) is 0 Å². The molecule has 3 N–H and O–H groups in total. The highest BCUT2D eigenvalue weighted by Crippen LogP contribution is 2.38. The molecule has 2 heterocycles. The van der Waals surface area contributed by atoms with E-state index in [1.807, 2.05) is 24.3 Å². The summed E-state index contributed by atoms with van der Waals surface area (Å²) >= 11 is 0. The number of allylic oxidation sites excluding steroid dienone is 4. The van der Waals surface area contributed by atoms with Gasteiger partial charge >= 0.3 is 29.8 Å². The number of aliphatic hydroxyl groups is 3. The van der Waals surface area contributed by atoms with Crippen molar-refractivity contribution in [1.82, 2.24) is 0 Å². The lowest BCUT2D eigenvalue weighted by Crippen LogP contribution is -2.66. The zero-order valence-electron chi connectivity index (χ0n) is 102. The molecule has 0 aromatic heterocycles. The summed E-state index contributed by atoms with van der Waals surface area (Å²) in [6, 6.07) is 0. The number of ether oxygens (including phenoxy) is 8. The fourth-order valence-corrected chi connectivity index (χ4v) is 23.4. The third-order valence-corrected chi connectivity index (χ3v) is 32.8. The van der Waals surface area contributed by atoms with Crippen molar-refractivity contribution in [2.45, 2.75) is 718 Å². The number of hydrogen-bond acceptors (Lipinski definition) is 16. The van der Waals surface area contributed by atoms with Crippen LogP contribution in [0.5, 0.6) is 0 Å². The summed E-state index contributed by atoms with van der Waals surface area (Å²) in [5.74, 6) is -2.16. The van der Waals surface area contributed by atoms with Gasteiger partial charge in [0.1, 0.15) is 31.0 Å². The van der Waals surface area contributed by atoms with Crippen LogP contribution in [0.3, 0.4) is 0 Å². The molecule has 2 saturated heterocycles. The van der Waals surface area contributed by atoms with Crippen LogP contribution < -0.4 is 0 Å². The molecule has 880 valence electrons. The minimum atomic E-state index is -1.92. The Hall–Kier alpha value is -3.93. The molecule has 2 fully saturated rings. The number of esters is 5. The first-order valence-electron chi connectivity index (χ1n) is 65.4. The average Bonchev–Trinajstić information content (AvgIpc) is 0.768. The topological polar surface area (TPSA) is 220 Å². The van der Waals surface area contributed by atoms with E-state index in [1.54, 1.807) is 27.7 Å². The molecule has 0 aromatic carbocycles. The van der Waals surface area contributed by atoms with Crippen LogP contribution in [-0.4, -0.2) is 120 Å². The van der Waals surface area contributed by atoms with E-state index in [4.69, 9.17) is 37.9 Å². The first kappa shape index (κ1) is 142. The van der Waals surface area contributed by atoms with Gasteiger partial charge in [0, 0.05) is 28.7 Å². The Morgan fingerprint density at radius 1 is 0.247 bits per heavy atom. The van der Waals surface area contributed by atoms with E-state index in [-0.39, 0.29) is 41.2 Å². The minimum Gasteiger partial charge on any atom is -0.459 e. The molecule has 0 saturated carbocycles. The Morgan fingerprint density at radius 2 is 0.453 bits per heavy atom. The van der Waals surface area contributed by atoms with Gasteiger partial charge in [0.2, 0.25) is 12.6 Å². The first-order valence-corrected chi connectivity index (χ1v) is 65.4. The fraction of sp³-hybridized carbons (Fsp3) is 0.903. The Bertz CT molecular complexity index is 3270. The van der Waals surface area contributed by atoms with Crippen molar-refractivity contribution in [3.8, 4) is 0 Å². The van der Waals surface area contributed by atoms with Gasteiger partial charge in [-0.15, -0.1) is 0 Å². The van der Waals surface area contributed by atoms with Crippen molar-refractivity contribution in [3.63, 3.8) is 0 Å². The maximum atomic E-state index is 15.1. The molecule has 2 aliphatic heterocycles. The second kappa shape index (κ2) is 98.2. The number of carbonyl (C=O) groups is 5. The molecule has 16 heteroatoms. The molecule has 0 aliphatic carbocycles. The van der Waals surface area contributed by atoms with Gasteiger partial charge in [-0.05, 0) is 107 Å². The largest absolute Gasteiger partial charge is 0.459 e. The highest BCUT2D eigenvalue weighted by Gasteiger charge is 2.56. The highest BCUT2D eigenvalue weighted by molar-refractivity contribution is 5.89. The first-order chi connectivity index (χ1) is 72.7. The van der Waals surface area contributed by atoms with E-state index in [2.05, 4.69) is 90.0 Å². The number of carbonyl (C=O) groups excluding carboxylic acids is 5. The third-order valence-electron chi connectivity index (χ3n) is 32.8. The van der Waals surface area contributed by atoms with Crippen molar-refractivity contribution in [1.29, 1.82) is 0 Å². The summed E-state index contributed by atoms with van der Waals surface area (Å²) in [4.78, 5) is 74.2. The standard InChI is InChI=1S/C134H248O16/c1-18-23-28-33-38-43-48-53-58-59-60-62-66-71-76-81-86-91-96-111(9)101-115(13)105-119(17)132(142)149-127-124(138)125(147-130(140)117(15)103-113(11)99-109(7)94-89-84-79-74-69-64-56-51-46-41-36-31-26-21-4)120(106-135)144-133(127)150-134-128(146-122(136)97-92-87-82-77-72-67-61-54-49-44-39-34-29-24-19-2)126(148-131(141)118(16)104-114(12)100-110(8)95-90-85-80-75-70-65-57-52-47-42-37-32-27-22-5)123(137)121(145-134)107-143-129(139)116(14)102-112(10)98-108(6)93-88-83-78-73-68-63-55-50-45-40-35-30-25-20-3/h102-105,108-115,120-121,123-128,133-135,137-138H,18-101,106-107H2,1-17H3/b116-102+,117-103+,118-104+,119-105+/t108-,109-,110-,111-,112-,113-,114-,115-,120?,121?,123+,124?,125+,126?,127-,128+,133+,134+/m0/s1. The molecule has 18 atom stereocenters. The quantitative estimate of drug-likeness (QED) is 0.0223. The van der Waals surface area contributed by atoms with Gasteiger partial charge < -0.3 is 53.2 Å². The smallest absolute Gasteiger partial charge is 0.333 e. The van der Waals surface area contributed by atoms with Gasteiger partial charge in [-0.2, -0.15) is 0 Å². The number of aliphatic hydroxyl groups excluding tert-OH is 3. The van der Waals surface area contributed by atoms with Crippen LogP contribution in [0.4, 0.5) is 0 Å². The van der Waals surface area contributed by atoms with E-state index in [0.717, 1.165) is 103 Å². The molecule has 4 unspecified atom stereocenters. The predicted molar refractivity (Wildman–Crippen MR) is 633 cm³/mol. The normalized spacial score (nSPS) is 20.1. The van der Waals surface area contributed by atoms with Gasteiger partial charge in [0.15, 0.2) is 24.4 Å². The Morgan fingerprint density at radius 3 is 0.700 bits per heavy atom. The molecular weight excluding hydrogens is 1870 g/mol. The van der Waals surface area contributed by atoms with Crippen LogP contribution in [0.1, 0.15) is 657 Å². The summed E-state index contributed by atoms with van der Waals surface area (Å²) in [7, 11) is 0. The van der Waals surface area contributed by atoms with E-state index < -0.39 is 104 Å². The zero-order valence-corrected chi connectivity index (χ0v) is 102. The van der Waals surface area contributed by atoms with Crippen LogP contribution in [0.25, 0.3) is 0 Å². The number of hydrogen-bond donors (Lipinski definition) is 3. The van der Waals surface area contributed by atoms with Crippen molar-refractivity contribution in [2.24, 2.45) is 47.3 Å². The Labute approximate surface area is 927 Å². The third kappa shape index (κ3) is 76.7. The lowest BCUT2D eigenvalue weighted by Gasteiger charge is -2.47. The molecule has 0 amide bonds. The second-order valence-electron chi connectivity index (χ2n) is 48.9. The monoisotopic (exact) mass is 2110 g/mol. The number of unbranched alkanes of at least 4 members (excludes halogenated alkanes) is 70. The maximum Gasteiger partial charge on any atom is 0.333 e. The molecule has 0 aromatic rings. The Balaban J connectivity index is 2.70. The van der Waals surface area contributed by atoms with Gasteiger partial charge in [-0.1, -0.05) is 615 Å². The Kier molecular flexibility index (Phi) is 93.1. The highest BCUT2D eigenvalue weighted by atomic mass is 16.8. The molecule has 0 radical (unpaired) electrons. The molecule has 150 heavy (non-hydrogen) atoms. The zero-order chi connectivity index (χ0) is 110. The summed E-state index contributed by atoms with van der Waals surface area (Å²) in [6.45, 7) is 34.2. The minimum absolute atomic E-state index is 0.00161. The second-order valence-corrected chi connectivity index (χ2v) is 48.9. The van der Waals surface area contributed by atoms with E-state index in [1.165, 1.54) is 424 Å². The molecule has 0 spiro atoms. The SMILES string of the molecule is CCCCCCCCCCCCCCCCCCCC[C@H](C)C[C@H](C)/C=C(\C)C(=O)O[C@H]1C(O)[C@H](OC(=O)/C(C)=C/[C@@H](C)C[C@@H](C)CCCCCCCCCCCCCCCC)C(CO)O[C@@H]1O[C@H]1OC(COC(=O)/C(C)=C/[C@@H](C)C[C@@H](C)CCCCCCCCCCCCCCCC)[C@@H](O)C(OC(=O)/C(C)=C/[C@@H](C)C[C@@H](C)CCCCCCCCCCCCCCCC)[C@H]1OC(=O)CCCCCCCCCCCCCCCCC. The molecular formula is C134H248O16. The van der Waals surface area contributed by atoms with Crippen molar-refractivity contribution in [2.75, 3.05) is 13.2 Å². The predicted octanol–water partition coefficient (Wildman–Crippen LogP) is 39.1. The van der Waals surface area contributed by atoms with E-state index in [9.17, 15) is 29.7 Å². The summed E-state index contributed by atoms with van der Waals surface area (Å²) < 4.78 is 52.3. The lowest BCUT2D eigenvalue weighted by atomic mass is 9.91. The molecule has 2 rings (SSSR count). The van der Waals surface area contributed by atoms with Crippen LogP contribution >= 0.6 is 0 Å². The van der Waals surface area contributed by atoms with E-state index in [0.29, 0.717) is 41.2 Å². The maximum absolute atomic E-state index is 15.1. The van der Waals surface area contributed by atoms with E-state index >= 15 is 9.59 Å². The van der Waals surface area contributed by atoms with Crippen LogP contribution in [0, 0.1) is 47.3 Å². The van der Waals surface area contributed by atoms with Gasteiger partial charge in [-0.25, -0.2) is 19.2 Å². The van der Waals surface area contributed by atoms with Gasteiger partial charge in [0.05, 0.1) is 6.61 Å². The lowest BCUT2D eigenvalue weighted by molar-refractivity contribution is -0.377. The van der Waals surface area contributed by atoms with Crippen LogP contribution in [0.15, 0.2) is 46.6 Å². The van der Waals surface area contributed by atoms with Crippen molar-refractivity contribution in [3.05, 3.63) is 46.6 Å². The summed E-state index contributed by atoms with van der Waals surface area (Å²) in [5, 5.41) is 37.6. The average molecular weight is 2120 g/mol. The van der Waals surface area contributed by atoms with Crippen LogP contribution in [0.2, 0.25) is 0 Å². The molecule has 0 bridgehead atoms.